The minimum absolute atomic E-state index is 0.0708. The quantitative estimate of drug-likeness (QED) is 0.0261. The SMILES string of the molecule is CCCCCC/C=C\C/C=C\CCCCCCCC(=O)OC(COC(=O)CCCCCCCCCCCCCCCC)COC(=O)CCCCCCCCCCCCCCCCCCCCCCCCCCCCCCCCCCCC. The van der Waals surface area contributed by atoms with Crippen LogP contribution < -0.4 is 0 Å². The Hall–Kier alpha value is -2.11. The molecule has 0 rings (SSSR count). The molecular weight excluding hydrogens is 1010 g/mol. The lowest BCUT2D eigenvalue weighted by atomic mass is 10.0. The molecule has 0 aromatic rings. The van der Waals surface area contributed by atoms with Gasteiger partial charge in [-0.25, -0.2) is 0 Å². The fraction of sp³-hybridized carbons (Fsp3) is 0.908. The molecule has 0 aromatic carbocycles. The first-order valence-corrected chi connectivity index (χ1v) is 37.3. The van der Waals surface area contributed by atoms with Crippen molar-refractivity contribution < 1.29 is 28.6 Å². The molecule has 82 heavy (non-hydrogen) atoms. The average molecular weight is 1150 g/mol. The molecule has 484 valence electrons. The van der Waals surface area contributed by atoms with E-state index in [1.807, 2.05) is 0 Å². The molecule has 6 nitrogen and oxygen atoms in total. The average Bonchev–Trinajstić information content (AvgIpc) is 3.47. The number of ether oxygens (including phenoxy) is 3. The summed E-state index contributed by atoms with van der Waals surface area (Å²) >= 11 is 0. The third-order valence-electron chi connectivity index (χ3n) is 17.2. The first-order valence-electron chi connectivity index (χ1n) is 37.3. The molecule has 0 aromatic heterocycles. The van der Waals surface area contributed by atoms with Gasteiger partial charge in [0, 0.05) is 19.3 Å². The zero-order valence-electron chi connectivity index (χ0n) is 55.8. The van der Waals surface area contributed by atoms with Crippen LogP contribution >= 0.6 is 0 Å². The molecule has 1 unspecified atom stereocenters. The summed E-state index contributed by atoms with van der Waals surface area (Å²) in [5.74, 6) is -0.853. The first kappa shape index (κ1) is 79.9. The van der Waals surface area contributed by atoms with Gasteiger partial charge in [-0.1, -0.05) is 379 Å². The Kier molecular flexibility index (Phi) is 69.5. The Labute approximate surface area is 513 Å². The summed E-state index contributed by atoms with van der Waals surface area (Å²) in [7, 11) is 0. The lowest BCUT2D eigenvalue weighted by Crippen LogP contribution is -2.30. The molecule has 6 heteroatoms. The maximum atomic E-state index is 12.9. The van der Waals surface area contributed by atoms with Gasteiger partial charge in [0.1, 0.15) is 13.2 Å². The van der Waals surface area contributed by atoms with Gasteiger partial charge in [-0.2, -0.15) is 0 Å². The summed E-state index contributed by atoms with van der Waals surface area (Å²) in [6.07, 6.45) is 88.1. The van der Waals surface area contributed by atoms with E-state index in [9.17, 15) is 14.4 Å². The normalized spacial score (nSPS) is 12.1. The number of esters is 3. The maximum Gasteiger partial charge on any atom is 0.306 e. The number of carbonyl (C=O) groups excluding carboxylic acids is 3. The Balaban J connectivity index is 4.07. The van der Waals surface area contributed by atoms with Crippen molar-refractivity contribution in [3.63, 3.8) is 0 Å². The van der Waals surface area contributed by atoms with Crippen LogP contribution in [0.1, 0.15) is 425 Å². The fourth-order valence-corrected chi connectivity index (χ4v) is 11.6. The molecule has 0 N–H and O–H groups in total. The van der Waals surface area contributed by atoms with Gasteiger partial charge in [-0.15, -0.1) is 0 Å². The van der Waals surface area contributed by atoms with E-state index in [4.69, 9.17) is 14.2 Å². The molecule has 0 heterocycles. The van der Waals surface area contributed by atoms with Gasteiger partial charge in [0.25, 0.3) is 0 Å². The van der Waals surface area contributed by atoms with Crippen LogP contribution in [0.25, 0.3) is 0 Å². The van der Waals surface area contributed by atoms with Gasteiger partial charge in [0.2, 0.25) is 0 Å². The summed E-state index contributed by atoms with van der Waals surface area (Å²) in [5.41, 5.74) is 0. The highest BCUT2D eigenvalue weighted by Crippen LogP contribution is 2.19. The molecule has 0 saturated heterocycles. The minimum Gasteiger partial charge on any atom is -0.462 e. The molecule has 1 atom stereocenters. The van der Waals surface area contributed by atoms with E-state index in [2.05, 4.69) is 45.1 Å². The van der Waals surface area contributed by atoms with Crippen molar-refractivity contribution in [1.29, 1.82) is 0 Å². The summed E-state index contributed by atoms with van der Waals surface area (Å²) < 4.78 is 17.0. The van der Waals surface area contributed by atoms with Crippen LogP contribution in [0.4, 0.5) is 0 Å². The van der Waals surface area contributed by atoms with E-state index in [1.54, 1.807) is 0 Å². The molecule has 0 saturated carbocycles. The van der Waals surface area contributed by atoms with Crippen molar-refractivity contribution in [2.75, 3.05) is 13.2 Å². The van der Waals surface area contributed by atoms with Gasteiger partial charge >= 0.3 is 17.9 Å². The monoisotopic (exact) mass is 1150 g/mol. The van der Waals surface area contributed by atoms with E-state index < -0.39 is 6.10 Å². The van der Waals surface area contributed by atoms with Crippen LogP contribution in [0.15, 0.2) is 24.3 Å². The Morgan fingerprint density at radius 1 is 0.244 bits per heavy atom. The van der Waals surface area contributed by atoms with Crippen LogP contribution in [0.3, 0.4) is 0 Å². The number of rotatable bonds is 70. The summed E-state index contributed by atoms with van der Waals surface area (Å²) in [4.78, 5) is 38.4. The number of allylic oxidation sites excluding steroid dienone is 4. The van der Waals surface area contributed by atoms with Crippen molar-refractivity contribution in [3.05, 3.63) is 24.3 Å². The van der Waals surface area contributed by atoms with Gasteiger partial charge in [-0.3, -0.25) is 14.4 Å². The minimum atomic E-state index is -0.776. The Bertz CT molecular complexity index is 1320. The largest absolute Gasteiger partial charge is 0.462 e. The van der Waals surface area contributed by atoms with Crippen molar-refractivity contribution >= 4 is 17.9 Å². The summed E-state index contributed by atoms with van der Waals surface area (Å²) in [6, 6.07) is 0. The molecule has 0 aliphatic carbocycles. The topological polar surface area (TPSA) is 78.9 Å². The highest BCUT2D eigenvalue weighted by molar-refractivity contribution is 5.71. The number of unbranched alkanes of at least 4 members (excludes halogenated alkanes) is 55. The van der Waals surface area contributed by atoms with E-state index in [1.165, 1.54) is 308 Å². The van der Waals surface area contributed by atoms with Gasteiger partial charge < -0.3 is 14.2 Å². The first-order chi connectivity index (χ1) is 40.5. The molecular formula is C76H144O6. The smallest absolute Gasteiger partial charge is 0.306 e. The lowest BCUT2D eigenvalue weighted by Gasteiger charge is -2.18. The van der Waals surface area contributed by atoms with Gasteiger partial charge in [-0.05, 0) is 51.4 Å². The van der Waals surface area contributed by atoms with E-state index >= 15 is 0 Å². The van der Waals surface area contributed by atoms with Crippen LogP contribution in [-0.4, -0.2) is 37.2 Å². The highest BCUT2D eigenvalue weighted by atomic mass is 16.6. The molecule has 0 spiro atoms. The van der Waals surface area contributed by atoms with Crippen molar-refractivity contribution in [3.8, 4) is 0 Å². The summed E-state index contributed by atoms with van der Waals surface area (Å²) in [5, 5.41) is 0. The van der Waals surface area contributed by atoms with Crippen molar-refractivity contribution in [1.82, 2.24) is 0 Å². The predicted molar refractivity (Wildman–Crippen MR) is 358 cm³/mol. The lowest BCUT2D eigenvalue weighted by molar-refractivity contribution is -0.167. The molecule has 0 bridgehead atoms. The zero-order chi connectivity index (χ0) is 59.2. The Morgan fingerprint density at radius 3 is 0.683 bits per heavy atom. The fourth-order valence-electron chi connectivity index (χ4n) is 11.6. The molecule has 0 amide bonds. The predicted octanol–water partition coefficient (Wildman–Crippen LogP) is 25.7. The van der Waals surface area contributed by atoms with Crippen LogP contribution in [0.2, 0.25) is 0 Å². The highest BCUT2D eigenvalue weighted by Gasteiger charge is 2.20. The molecule has 0 aliphatic heterocycles. The molecule has 0 fully saturated rings. The maximum absolute atomic E-state index is 12.9. The second-order valence-electron chi connectivity index (χ2n) is 25.6. The van der Waals surface area contributed by atoms with Gasteiger partial charge in [0.15, 0.2) is 6.10 Å². The Morgan fingerprint density at radius 2 is 0.439 bits per heavy atom. The van der Waals surface area contributed by atoms with Crippen LogP contribution in [-0.2, 0) is 28.6 Å². The third kappa shape index (κ3) is 68.7. The number of carbonyl (C=O) groups is 3. The summed E-state index contributed by atoms with van der Waals surface area (Å²) in [6.45, 7) is 6.69. The van der Waals surface area contributed by atoms with E-state index in [0.717, 1.165) is 77.0 Å². The van der Waals surface area contributed by atoms with E-state index in [0.29, 0.717) is 19.3 Å². The van der Waals surface area contributed by atoms with Crippen molar-refractivity contribution in [2.45, 2.75) is 431 Å². The van der Waals surface area contributed by atoms with Crippen LogP contribution in [0, 0.1) is 0 Å². The number of hydrogen-bond acceptors (Lipinski definition) is 6. The van der Waals surface area contributed by atoms with Gasteiger partial charge in [0.05, 0.1) is 0 Å². The van der Waals surface area contributed by atoms with Crippen LogP contribution in [0.5, 0.6) is 0 Å². The third-order valence-corrected chi connectivity index (χ3v) is 17.2. The molecule has 0 radical (unpaired) electrons. The zero-order valence-corrected chi connectivity index (χ0v) is 55.8. The van der Waals surface area contributed by atoms with Crippen molar-refractivity contribution in [2.24, 2.45) is 0 Å². The second kappa shape index (κ2) is 71.4. The second-order valence-corrected chi connectivity index (χ2v) is 25.6. The molecule has 0 aliphatic rings. The number of hydrogen-bond donors (Lipinski definition) is 0. The standard InChI is InChI=1S/C76H144O6/c1-4-7-10-13-16-19-22-25-28-30-31-32-33-34-35-36-37-38-39-40-41-42-43-44-45-46-47-49-51-54-57-60-63-66-69-75(78)81-72-73(71-80-74(77)68-65-62-59-56-53-50-27-24-21-18-15-12-9-6-3)82-76(79)70-67-64-61-58-55-52-48-29-26-23-20-17-14-11-8-5-2/h20,23,29,48,73H,4-19,21-22,24-28,30-47,49-72H2,1-3H3/b23-20-,48-29-. The van der Waals surface area contributed by atoms with E-state index in [-0.39, 0.29) is 31.1 Å².